The van der Waals surface area contributed by atoms with Crippen LogP contribution in [0.1, 0.15) is 11.4 Å². The molecule has 4 aromatic rings. The van der Waals surface area contributed by atoms with E-state index in [-0.39, 0.29) is 12.3 Å². The second-order valence-corrected chi connectivity index (χ2v) is 7.39. The second kappa shape index (κ2) is 8.59. The smallest absolute Gasteiger partial charge is 0.274 e. The minimum atomic E-state index is -0.0404. The van der Waals surface area contributed by atoms with Crippen LogP contribution in [0, 0.1) is 0 Å². The van der Waals surface area contributed by atoms with E-state index in [4.69, 9.17) is 20.9 Å². The number of aromatic nitrogens is 3. The van der Waals surface area contributed by atoms with Crippen molar-refractivity contribution in [2.24, 2.45) is 0 Å². The van der Waals surface area contributed by atoms with Crippen molar-refractivity contribution in [3.05, 3.63) is 64.9 Å². The van der Waals surface area contributed by atoms with Gasteiger partial charge in [0.25, 0.3) is 5.89 Å². The summed E-state index contributed by atoms with van der Waals surface area (Å²) in [5.74, 6) is 1.60. The van der Waals surface area contributed by atoms with Crippen LogP contribution in [0.4, 0.5) is 0 Å². The molecule has 0 saturated carbocycles. The molecule has 7 nitrogen and oxygen atoms in total. The summed E-state index contributed by atoms with van der Waals surface area (Å²) >= 11 is 6.23. The van der Waals surface area contributed by atoms with Gasteiger partial charge < -0.3 is 19.1 Å². The predicted molar refractivity (Wildman–Crippen MR) is 115 cm³/mol. The molecule has 2 aromatic heterocycles. The zero-order valence-electron chi connectivity index (χ0n) is 16.7. The fourth-order valence-corrected chi connectivity index (χ4v) is 3.38. The van der Waals surface area contributed by atoms with Crippen LogP contribution in [0.3, 0.4) is 0 Å². The number of likely N-dealkylation sites (N-methyl/N-ethyl adjacent to an activating group) is 1. The lowest BCUT2D eigenvalue weighted by atomic mass is 10.1. The molecular formula is C22H21ClN4O3. The summed E-state index contributed by atoms with van der Waals surface area (Å²) in [6.07, 6.45) is 0.703. The monoisotopic (exact) mass is 424 g/mol. The number of fused-ring (bicyclic) bond motifs is 1. The molecule has 2 aromatic carbocycles. The van der Waals surface area contributed by atoms with Crippen LogP contribution in [-0.2, 0) is 17.6 Å². The summed E-state index contributed by atoms with van der Waals surface area (Å²) in [4.78, 5) is 21.9. The van der Waals surface area contributed by atoms with Crippen molar-refractivity contribution in [1.29, 1.82) is 0 Å². The Kier molecular flexibility index (Phi) is 5.72. The van der Waals surface area contributed by atoms with Gasteiger partial charge in [-0.2, -0.15) is 4.98 Å². The van der Waals surface area contributed by atoms with Crippen LogP contribution >= 0.6 is 11.6 Å². The molecule has 0 aliphatic rings. The van der Waals surface area contributed by atoms with Gasteiger partial charge in [-0.3, -0.25) is 4.79 Å². The Hall–Kier alpha value is -3.32. The molecular weight excluding hydrogens is 404 g/mol. The number of nitrogens with one attached hydrogen (secondary N) is 1. The highest BCUT2D eigenvalue weighted by atomic mass is 35.5. The summed E-state index contributed by atoms with van der Waals surface area (Å²) in [5, 5.41) is 5.62. The highest BCUT2D eigenvalue weighted by Crippen LogP contribution is 2.24. The Bertz CT molecular complexity index is 1150. The van der Waals surface area contributed by atoms with Crippen molar-refractivity contribution < 1.29 is 14.1 Å². The number of nitrogens with zero attached hydrogens (tertiary/aromatic N) is 3. The normalized spacial score (nSPS) is 11.0. The highest BCUT2D eigenvalue weighted by Gasteiger charge is 2.15. The molecule has 30 heavy (non-hydrogen) atoms. The van der Waals surface area contributed by atoms with Gasteiger partial charge >= 0.3 is 0 Å². The first-order valence-electron chi connectivity index (χ1n) is 9.50. The maximum atomic E-state index is 12.5. The van der Waals surface area contributed by atoms with E-state index < -0.39 is 0 Å². The third kappa shape index (κ3) is 4.31. The Morgan fingerprint density at radius 3 is 2.83 bits per heavy atom. The molecule has 0 aliphatic carbocycles. The van der Waals surface area contributed by atoms with Gasteiger partial charge in [-0.1, -0.05) is 41.0 Å². The van der Waals surface area contributed by atoms with E-state index in [0.29, 0.717) is 35.5 Å². The molecule has 2 heterocycles. The van der Waals surface area contributed by atoms with Crippen molar-refractivity contribution in [3.63, 3.8) is 0 Å². The number of methoxy groups -OCH3 is 1. The number of aromatic amines is 1. The van der Waals surface area contributed by atoms with Gasteiger partial charge in [-0.15, -0.1) is 0 Å². The average molecular weight is 425 g/mol. The van der Waals surface area contributed by atoms with Crippen LogP contribution in [0.15, 0.2) is 53.1 Å². The van der Waals surface area contributed by atoms with E-state index in [1.807, 2.05) is 30.3 Å². The number of H-pyrrole nitrogens is 1. The lowest BCUT2D eigenvalue weighted by molar-refractivity contribution is -0.129. The van der Waals surface area contributed by atoms with Gasteiger partial charge in [-0.05, 0) is 29.8 Å². The number of amides is 1. The van der Waals surface area contributed by atoms with Gasteiger partial charge in [0.2, 0.25) is 5.91 Å². The number of para-hydroxylation sites is 1. The largest absolute Gasteiger partial charge is 0.497 e. The Morgan fingerprint density at radius 2 is 2.07 bits per heavy atom. The Morgan fingerprint density at radius 1 is 1.23 bits per heavy atom. The third-order valence-electron chi connectivity index (χ3n) is 4.93. The summed E-state index contributed by atoms with van der Waals surface area (Å²) in [7, 11) is 3.32. The van der Waals surface area contributed by atoms with Gasteiger partial charge in [0.05, 0.1) is 13.5 Å². The summed E-state index contributed by atoms with van der Waals surface area (Å²) in [5.41, 5.74) is 2.54. The molecule has 1 N–H and O–H groups in total. The zero-order valence-corrected chi connectivity index (χ0v) is 17.4. The molecule has 0 unspecified atom stereocenters. The quantitative estimate of drug-likeness (QED) is 0.482. The topological polar surface area (TPSA) is 84.2 Å². The number of rotatable bonds is 7. The van der Waals surface area contributed by atoms with Crippen LogP contribution in [0.5, 0.6) is 5.75 Å². The number of carbonyl (C=O) groups is 1. The van der Waals surface area contributed by atoms with Crippen LogP contribution in [-0.4, -0.2) is 46.6 Å². The van der Waals surface area contributed by atoms with Crippen LogP contribution in [0.25, 0.3) is 22.5 Å². The molecule has 0 saturated heterocycles. The first-order chi connectivity index (χ1) is 14.5. The molecule has 8 heteroatoms. The number of hydrogen-bond acceptors (Lipinski definition) is 5. The number of benzene rings is 2. The maximum absolute atomic E-state index is 12.5. The standard InChI is InChI=1S/C22H21ClN4O3/c1-27(21(28)12-14-7-8-16(29-2)13-17(14)23)10-9-20-25-22(30-26-20)19-11-15-5-3-4-6-18(15)24-19/h3-8,11,13,24H,9-10,12H2,1-2H3. The van der Waals surface area contributed by atoms with Crippen molar-refractivity contribution in [1.82, 2.24) is 20.0 Å². The predicted octanol–water partition coefficient (Wildman–Crippen LogP) is 4.12. The maximum Gasteiger partial charge on any atom is 0.274 e. The summed E-state index contributed by atoms with van der Waals surface area (Å²) in [6.45, 7) is 0.471. The van der Waals surface area contributed by atoms with Crippen LogP contribution in [0.2, 0.25) is 5.02 Å². The van der Waals surface area contributed by atoms with Crippen molar-refractivity contribution in [2.75, 3.05) is 20.7 Å². The molecule has 0 atom stereocenters. The molecule has 154 valence electrons. The van der Waals surface area contributed by atoms with E-state index in [2.05, 4.69) is 15.1 Å². The fraction of sp³-hybridized carbons (Fsp3) is 0.227. The van der Waals surface area contributed by atoms with E-state index >= 15 is 0 Å². The second-order valence-electron chi connectivity index (χ2n) is 6.99. The average Bonchev–Trinajstić information content (AvgIpc) is 3.40. The molecule has 0 bridgehead atoms. The number of carbonyl (C=O) groups excluding carboxylic acids is 1. The van der Waals surface area contributed by atoms with Crippen molar-refractivity contribution in [3.8, 4) is 17.3 Å². The number of hydrogen-bond donors (Lipinski definition) is 1. The van der Waals surface area contributed by atoms with E-state index in [9.17, 15) is 4.79 Å². The number of ether oxygens (including phenoxy) is 1. The van der Waals surface area contributed by atoms with Crippen molar-refractivity contribution >= 4 is 28.4 Å². The van der Waals surface area contributed by atoms with E-state index in [1.165, 1.54) is 0 Å². The molecule has 4 rings (SSSR count). The lowest BCUT2D eigenvalue weighted by Gasteiger charge is -2.16. The summed E-state index contributed by atoms with van der Waals surface area (Å²) in [6, 6.07) is 15.2. The van der Waals surface area contributed by atoms with E-state index in [1.54, 1.807) is 37.3 Å². The zero-order chi connectivity index (χ0) is 21.1. The SMILES string of the molecule is COc1ccc(CC(=O)N(C)CCc2noc(-c3cc4ccccc4[nH]3)n2)c(Cl)c1. The molecule has 1 amide bonds. The first kappa shape index (κ1) is 20.0. The third-order valence-corrected chi connectivity index (χ3v) is 5.28. The molecule has 0 radical (unpaired) electrons. The lowest BCUT2D eigenvalue weighted by Crippen LogP contribution is -2.30. The van der Waals surface area contributed by atoms with Gasteiger partial charge in [-0.25, -0.2) is 0 Å². The first-order valence-corrected chi connectivity index (χ1v) is 9.88. The Balaban J connectivity index is 1.36. The van der Waals surface area contributed by atoms with Gasteiger partial charge in [0.1, 0.15) is 11.4 Å². The summed E-state index contributed by atoms with van der Waals surface area (Å²) < 4.78 is 10.5. The van der Waals surface area contributed by atoms with Crippen molar-refractivity contribution in [2.45, 2.75) is 12.8 Å². The van der Waals surface area contributed by atoms with Gasteiger partial charge in [0, 0.05) is 35.9 Å². The van der Waals surface area contributed by atoms with Gasteiger partial charge in [0.15, 0.2) is 5.82 Å². The molecule has 0 spiro atoms. The van der Waals surface area contributed by atoms with E-state index in [0.717, 1.165) is 22.2 Å². The molecule has 0 fully saturated rings. The minimum absolute atomic E-state index is 0.0404. The fourth-order valence-electron chi connectivity index (χ4n) is 3.14. The van der Waals surface area contributed by atoms with Crippen LogP contribution < -0.4 is 4.74 Å². The number of halogens is 1. The molecule has 0 aliphatic heterocycles. The highest BCUT2D eigenvalue weighted by molar-refractivity contribution is 6.31. The Labute approximate surface area is 178 Å². The minimum Gasteiger partial charge on any atom is -0.497 e.